The normalized spacial score (nSPS) is 10.4. The van der Waals surface area contributed by atoms with E-state index in [-0.39, 0.29) is 5.56 Å². The number of aromatic nitrogens is 3. The monoisotopic (exact) mass is 233 g/mol. The number of carbonyl (C=O) groups is 1. The smallest absolute Gasteiger partial charge is 0.341 e. The number of hydrogen-bond acceptors (Lipinski definition) is 3. The van der Waals surface area contributed by atoms with Crippen LogP contribution in [-0.4, -0.2) is 25.4 Å². The zero-order valence-corrected chi connectivity index (χ0v) is 8.98. The van der Waals surface area contributed by atoms with Crippen molar-refractivity contribution in [2.45, 2.75) is 13.1 Å². The lowest BCUT2D eigenvalue weighted by molar-refractivity contribution is 0.0694. The van der Waals surface area contributed by atoms with Gasteiger partial charge < -0.3 is 9.67 Å². The highest BCUT2D eigenvalue weighted by Gasteiger charge is 2.09. The van der Waals surface area contributed by atoms with Crippen LogP contribution in [0.15, 0.2) is 41.6 Å². The minimum absolute atomic E-state index is 0.215. The molecule has 0 aromatic carbocycles. The quantitative estimate of drug-likeness (QED) is 0.831. The summed E-state index contributed by atoms with van der Waals surface area (Å²) in [4.78, 5) is 22.5. The van der Waals surface area contributed by atoms with Gasteiger partial charge >= 0.3 is 5.97 Å². The fourth-order valence-electron chi connectivity index (χ4n) is 1.52. The SMILES string of the molecule is O=C(O)c1cccn(CCn2cccn2)c1=O. The highest BCUT2D eigenvalue weighted by Crippen LogP contribution is 1.93. The first-order valence-corrected chi connectivity index (χ1v) is 5.08. The molecule has 0 unspecified atom stereocenters. The molecule has 0 fully saturated rings. The molecule has 6 heteroatoms. The molecule has 17 heavy (non-hydrogen) atoms. The largest absolute Gasteiger partial charge is 0.477 e. The molecule has 0 aliphatic carbocycles. The average Bonchev–Trinajstić information content (AvgIpc) is 2.80. The Labute approximate surface area is 96.7 Å². The number of pyridine rings is 1. The summed E-state index contributed by atoms with van der Waals surface area (Å²) in [6.07, 6.45) is 5.00. The average molecular weight is 233 g/mol. The molecular weight excluding hydrogens is 222 g/mol. The molecule has 0 amide bonds. The van der Waals surface area contributed by atoms with E-state index >= 15 is 0 Å². The first kappa shape index (κ1) is 11.1. The second-order valence-electron chi connectivity index (χ2n) is 3.49. The van der Waals surface area contributed by atoms with Gasteiger partial charge in [-0.1, -0.05) is 0 Å². The van der Waals surface area contributed by atoms with E-state index in [0.717, 1.165) is 0 Å². The van der Waals surface area contributed by atoms with Crippen LogP contribution in [0.5, 0.6) is 0 Å². The Morgan fingerprint density at radius 2 is 2.12 bits per heavy atom. The van der Waals surface area contributed by atoms with E-state index in [0.29, 0.717) is 13.1 Å². The third kappa shape index (κ3) is 2.41. The minimum atomic E-state index is -1.21. The van der Waals surface area contributed by atoms with Gasteiger partial charge in [-0.2, -0.15) is 5.10 Å². The standard InChI is InChI=1S/C11H11N3O3/c15-10-9(11(16)17)3-1-5-13(10)7-8-14-6-2-4-12-14/h1-6H,7-8H2,(H,16,17). The predicted octanol–water partition coefficient (Wildman–Crippen LogP) is 0.443. The number of carboxylic acids is 1. The molecule has 6 nitrogen and oxygen atoms in total. The Bertz CT molecular complexity index is 572. The Morgan fingerprint density at radius 1 is 1.29 bits per heavy atom. The second-order valence-corrected chi connectivity index (χ2v) is 3.49. The Balaban J connectivity index is 2.19. The Morgan fingerprint density at radius 3 is 2.76 bits per heavy atom. The van der Waals surface area contributed by atoms with Crippen molar-refractivity contribution in [1.29, 1.82) is 0 Å². The van der Waals surface area contributed by atoms with Gasteiger partial charge in [-0.25, -0.2) is 4.79 Å². The van der Waals surface area contributed by atoms with E-state index in [2.05, 4.69) is 5.10 Å². The number of carboxylic acid groups (broad SMARTS) is 1. The summed E-state index contributed by atoms with van der Waals surface area (Å²) >= 11 is 0. The van der Waals surface area contributed by atoms with Crippen LogP contribution < -0.4 is 5.56 Å². The maximum Gasteiger partial charge on any atom is 0.341 e. The highest BCUT2D eigenvalue weighted by atomic mass is 16.4. The second kappa shape index (κ2) is 4.65. The maximum atomic E-state index is 11.7. The van der Waals surface area contributed by atoms with Crippen LogP contribution in [0.1, 0.15) is 10.4 Å². The van der Waals surface area contributed by atoms with Crippen molar-refractivity contribution >= 4 is 5.97 Å². The van der Waals surface area contributed by atoms with Crippen molar-refractivity contribution in [1.82, 2.24) is 14.3 Å². The van der Waals surface area contributed by atoms with Crippen LogP contribution in [0.25, 0.3) is 0 Å². The van der Waals surface area contributed by atoms with Crippen LogP contribution >= 0.6 is 0 Å². The number of nitrogens with zero attached hydrogens (tertiary/aromatic N) is 3. The van der Waals surface area contributed by atoms with E-state index in [9.17, 15) is 9.59 Å². The molecule has 0 aliphatic rings. The molecule has 2 rings (SSSR count). The van der Waals surface area contributed by atoms with Crippen molar-refractivity contribution in [2.75, 3.05) is 0 Å². The first-order chi connectivity index (χ1) is 8.18. The molecule has 0 atom stereocenters. The topological polar surface area (TPSA) is 77.1 Å². The molecule has 0 bridgehead atoms. The maximum absolute atomic E-state index is 11.7. The molecule has 0 aliphatic heterocycles. The molecule has 0 saturated carbocycles. The van der Waals surface area contributed by atoms with Gasteiger partial charge in [0, 0.05) is 25.1 Å². The van der Waals surface area contributed by atoms with Crippen LogP contribution in [-0.2, 0) is 13.1 Å². The highest BCUT2D eigenvalue weighted by molar-refractivity contribution is 5.86. The summed E-state index contributed by atoms with van der Waals surface area (Å²) < 4.78 is 3.05. The summed E-state index contributed by atoms with van der Waals surface area (Å²) in [5.74, 6) is -1.21. The van der Waals surface area contributed by atoms with Gasteiger partial charge in [0.25, 0.3) is 5.56 Å². The zero-order valence-electron chi connectivity index (χ0n) is 8.98. The number of rotatable bonds is 4. The van der Waals surface area contributed by atoms with Gasteiger partial charge in [-0.05, 0) is 18.2 Å². The summed E-state index contributed by atoms with van der Waals surface area (Å²) in [6.45, 7) is 0.914. The van der Waals surface area contributed by atoms with Gasteiger partial charge in [0.05, 0.1) is 6.54 Å². The summed E-state index contributed by atoms with van der Waals surface area (Å²) in [6, 6.07) is 4.64. The number of aromatic carboxylic acids is 1. The Kier molecular flexibility index (Phi) is 3.04. The van der Waals surface area contributed by atoms with Crippen LogP contribution in [0.4, 0.5) is 0 Å². The minimum Gasteiger partial charge on any atom is -0.477 e. The number of hydrogen-bond donors (Lipinski definition) is 1. The lowest BCUT2D eigenvalue weighted by Crippen LogP contribution is -2.27. The van der Waals surface area contributed by atoms with Crippen molar-refractivity contribution in [2.24, 2.45) is 0 Å². The molecule has 1 N–H and O–H groups in total. The third-order valence-corrected chi connectivity index (χ3v) is 2.38. The van der Waals surface area contributed by atoms with Gasteiger partial charge in [-0.3, -0.25) is 9.48 Å². The van der Waals surface area contributed by atoms with E-state index in [1.54, 1.807) is 35.4 Å². The molecular formula is C11H11N3O3. The van der Waals surface area contributed by atoms with Crippen molar-refractivity contribution in [3.8, 4) is 0 Å². The number of aryl methyl sites for hydroxylation is 2. The fourth-order valence-corrected chi connectivity index (χ4v) is 1.52. The molecule has 88 valence electrons. The Hall–Kier alpha value is -2.37. The van der Waals surface area contributed by atoms with Crippen LogP contribution in [0, 0.1) is 0 Å². The first-order valence-electron chi connectivity index (χ1n) is 5.08. The lowest BCUT2D eigenvalue weighted by Gasteiger charge is -2.06. The zero-order chi connectivity index (χ0) is 12.3. The van der Waals surface area contributed by atoms with Crippen LogP contribution in [0.3, 0.4) is 0 Å². The van der Waals surface area contributed by atoms with Crippen LogP contribution in [0.2, 0.25) is 0 Å². The van der Waals surface area contributed by atoms with E-state index < -0.39 is 11.5 Å². The molecule has 2 aromatic heterocycles. The summed E-state index contributed by atoms with van der Waals surface area (Å²) in [5.41, 5.74) is -0.708. The van der Waals surface area contributed by atoms with E-state index in [4.69, 9.17) is 5.11 Å². The summed E-state index contributed by atoms with van der Waals surface area (Å²) in [7, 11) is 0. The molecule has 2 aromatic rings. The molecule has 0 radical (unpaired) electrons. The van der Waals surface area contributed by atoms with Gasteiger partial charge in [0.15, 0.2) is 0 Å². The fraction of sp³-hybridized carbons (Fsp3) is 0.182. The summed E-state index contributed by atoms with van der Waals surface area (Å²) in [5, 5.41) is 12.8. The van der Waals surface area contributed by atoms with Crippen molar-refractivity contribution < 1.29 is 9.90 Å². The third-order valence-electron chi connectivity index (χ3n) is 2.38. The lowest BCUT2D eigenvalue weighted by atomic mass is 10.3. The van der Waals surface area contributed by atoms with Gasteiger partial charge in [0.1, 0.15) is 5.56 Å². The predicted molar refractivity (Wildman–Crippen MR) is 59.9 cm³/mol. The van der Waals surface area contributed by atoms with Gasteiger partial charge in [0.2, 0.25) is 0 Å². The van der Waals surface area contributed by atoms with E-state index in [1.165, 1.54) is 10.6 Å². The van der Waals surface area contributed by atoms with E-state index in [1.807, 2.05) is 0 Å². The van der Waals surface area contributed by atoms with Crippen molar-refractivity contribution in [3.05, 3.63) is 52.7 Å². The van der Waals surface area contributed by atoms with Crippen molar-refractivity contribution in [3.63, 3.8) is 0 Å². The molecule has 0 saturated heterocycles. The molecule has 2 heterocycles. The molecule has 0 spiro atoms. The van der Waals surface area contributed by atoms with Gasteiger partial charge in [-0.15, -0.1) is 0 Å².